The van der Waals surface area contributed by atoms with E-state index in [9.17, 15) is 4.79 Å². The van der Waals surface area contributed by atoms with Crippen LogP contribution in [0.25, 0.3) is 0 Å². The molecule has 0 radical (unpaired) electrons. The topological polar surface area (TPSA) is 17.1 Å². The van der Waals surface area contributed by atoms with E-state index < -0.39 is 0 Å². The number of hydrogen-bond acceptors (Lipinski definition) is 1. The van der Waals surface area contributed by atoms with Crippen molar-refractivity contribution in [2.24, 2.45) is 0 Å². The molecule has 1 nitrogen and oxygen atoms in total. The summed E-state index contributed by atoms with van der Waals surface area (Å²) in [6.07, 6.45) is 4.82. The van der Waals surface area contributed by atoms with Crippen molar-refractivity contribution >= 4 is 17.4 Å². The third-order valence-corrected chi connectivity index (χ3v) is 2.08. The van der Waals surface area contributed by atoms with Crippen molar-refractivity contribution in [1.82, 2.24) is 0 Å². The lowest BCUT2D eigenvalue weighted by Crippen LogP contribution is -1.99. The fourth-order valence-electron chi connectivity index (χ4n) is 1.03. The molecule has 66 valence electrons. The van der Waals surface area contributed by atoms with Gasteiger partial charge in [-0.15, -0.1) is 11.6 Å². The minimum Gasteiger partial charge on any atom is -0.300 e. The molecule has 0 spiro atoms. The van der Waals surface area contributed by atoms with Gasteiger partial charge in [0.2, 0.25) is 0 Å². The fourth-order valence-corrected chi connectivity index (χ4v) is 1.40. The average Bonchev–Trinajstić information content (AvgIpc) is 1.87. The standard InChI is InChI=1S/C9H17ClO/c1-3-5-9(10)7-4-6-8(2)11/h9H,3-7H2,1-2H3. The lowest BCUT2D eigenvalue weighted by molar-refractivity contribution is -0.117. The van der Waals surface area contributed by atoms with Gasteiger partial charge in [0.1, 0.15) is 5.78 Å². The van der Waals surface area contributed by atoms with E-state index in [2.05, 4.69) is 6.92 Å². The van der Waals surface area contributed by atoms with Crippen LogP contribution in [0, 0.1) is 0 Å². The van der Waals surface area contributed by atoms with Crippen LogP contribution >= 0.6 is 11.6 Å². The predicted octanol–water partition coefficient (Wildman–Crippen LogP) is 3.15. The first kappa shape index (κ1) is 11.0. The summed E-state index contributed by atoms with van der Waals surface area (Å²) in [5.74, 6) is 0.269. The Labute approximate surface area is 74.1 Å². The Hall–Kier alpha value is -0.0400. The van der Waals surface area contributed by atoms with Gasteiger partial charge >= 0.3 is 0 Å². The monoisotopic (exact) mass is 176 g/mol. The molecule has 0 aliphatic carbocycles. The summed E-state index contributed by atoms with van der Waals surface area (Å²) in [6.45, 7) is 3.75. The molecule has 0 aromatic carbocycles. The number of carbonyl (C=O) groups is 1. The zero-order valence-electron chi connectivity index (χ0n) is 7.40. The first-order valence-corrected chi connectivity index (χ1v) is 4.74. The van der Waals surface area contributed by atoms with Crippen molar-refractivity contribution < 1.29 is 4.79 Å². The second-order valence-electron chi connectivity index (χ2n) is 2.98. The van der Waals surface area contributed by atoms with Gasteiger partial charge in [-0.1, -0.05) is 13.3 Å². The van der Waals surface area contributed by atoms with Gasteiger partial charge in [-0.25, -0.2) is 0 Å². The van der Waals surface area contributed by atoms with Gasteiger partial charge in [0.15, 0.2) is 0 Å². The molecule has 0 saturated carbocycles. The number of alkyl halides is 1. The van der Waals surface area contributed by atoms with Crippen LogP contribution in [-0.4, -0.2) is 11.2 Å². The molecule has 0 aliphatic rings. The van der Waals surface area contributed by atoms with E-state index in [4.69, 9.17) is 11.6 Å². The molecule has 0 rings (SSSR count). The van der Waals surface area contributed by atoms with E-state index in [0.29, 0.717) is 6.42 Å². The third kappa shape index (κ3) is 7.86. The van der Waals surface area contributed by atoms with Gasteiger partial charge in [0.25, 0.3) is 0 Å². The molecule has 11 heavy (non-hydrogen) atoms. The molecule has 0 N–H and O–H groups in total. The fraction of sp³-hybridized carbons (Fsp3) is 0.889. The number of ketones is 1. The molecule has 0 bridgehead atoms. The summed E-state index contributed by atoms with van der Waals surface area (Å²) in [4.78, 5) is 10.5. The van der Waals surface area contributed by atoms with E-state index in [-0.39, 0.29) is 11.2 Å². The number of hydrogen-bond donors (Lipinski definition) is 0. The Bertz CT molecular complexity index is 112. The molecule has 0 heterocycles. The highest BCUT2D eigenvalue weighted by atomic mass is 35.5. The third-order valence-electron chi connectivity index (χ3n) is 1.65. The highest BCUT2D eigenvalue weighted by Crippen LogP contribution is 2.12. The molecule has 0 aromatic heterocycles. The number of halogens is 1. The smallest absolute Gasteiger partial charge is 0.129 e. The quantitative estimate of drug-likeness (QED) is 0.569. The van der Waals surface area contributed by atoms with Crippen LogP contribution in [0.15, 0.2) is 0 Å². The van der Waals surface area contributed by atoms with E-state index >= 15 is 0 Å². The summed E-state index contributed by atoms with van der Waals surface area (Å²) >= 11 is 5.95. The van der Waals surface area contributed by atoms with E-state index in [1.165, 1.54) is 0 Å². The second-order valence-corrected chi connectivity index (χ2v) is 3.60. The van der Waals surface area contributed by atoms with Crippen molar-refractivity contribution in [1.29, 1.82) is 0 Å². The van der Waals surface area contributed by atoms with Crippen LogP contribution in [-0.2, 0) is 4.79 Å². The summed E-state index contributed by atoms with van der Waals surface area (Å²) in [5, 5.41) is 0.277. The summed E-state index contributed by atoms with van der Waals surface area (Å²) < 4.78 is 0. The van der Waals surface area contributed by atoms with Gasteiger partial charge in [-0.05, 0) is 26.2 Å². The molecule has 0 fully saturated rings. The van der Waals surface area contributed by atoms with Gasteiger partial charge in [-0.2, -0.15) is 0 Å². The van der Waals surface area contributed by atoms with Crippen molar-refractivity contribution in [2.75, 3.05) is 0 Å². The van der Waals surface area contributed by atoms with Gasteiger partial charge in [0, 0.05) is 11.8 Å². The van der Waals surface area contributed by atoms with Gasteiger partial charge in [-0.3, -0.25) is 0 Å². The first-order chi connectivity index (χ1) is 5.16. The average molecular weight is 177 g/mol. The minimum absolute atomic E-state index is 0.269. The largest absolute Gasteiger partial charge is 0.300 e. The van der Waals surface area contributed by atoms with Crippen molar-refractivity contribution in [3.05, 3.63) is 0 Å². The second kappa shape index (κ2) is 6.66. The van der Waals surface area contributed by atoms with Crippen LogP contribution in [0.1, 0.15) is 46.0 Å². The molecular formula is C9H17ClO. The van der Waals surface area contributed by atoms with Gasteiger partial charge in [0.05, 0.1) is 0 Å². The molecule has 0 saturated heterocycles. The molecule has 1 unspecified atom stereocenters. The predicted molar refractivity (Wildman–Crippen MR) is 49.1 cm³/mol. The van der Waals surface area contributed by atoms with Gasteiger partial charge < -0.3 is 4.79 Å². The first-order valence-electron chi connectivity index (χ1n) is 4.30. The Balaban J connectivity index is 3.16. The Kier molecular flexibility index (Phi) is 6.63. The molecule has 0 aliphatic heterocycles. The SMILES string of the molecule is CCCC(Cl)CCCC(C)=O. The Morgan fingerprint density at radius 1 is 1.45 bits per heavy atom. The van der Waals surface area contributed by atoms with Crippen LogP contribution in [0.2, 0.25) is 0 Å². The van der Waals surface area contributed by atoms with Crippen molar-refractivity contribution in [3.63, 3.8) is 0 Å². The highest BCUT2D eigenvalue weighted by Gasteiger charge is 2.02. The van der Waals surface area contributed by atoms with E-state index in [1.54, 1.807) is 6.92 Å². The molecular weight excluding hydrogens is 160 g/mol. The maximum atomic E-state index is 10.5. The molecule has 1 atom stereocenters. The van der Waals surface area contributed by atoms with Crippen LogP contribution < -0.4 is 0 Å². The maximum absolute atomic E-state index is 10.5. The van der Waals surface area contributed by atoms with E-state index in [1.807, 2.05) is 0 Å². The zero-order valence-corrected chi connectivity index (χ0v) is 8.16. The maximum Gasteiger partial charge on any atom is 0.129 e. The summed E-state index contributed by atoms with van der Waals surface area (Å²) in [5.41, 5.74) is 0. The number of carbonyl (C=O) groups excluding carboxylic acids is 1. The minimum atomic E-state index is 0.269. The molecule has 0 amide bonds. The normalized spacial score (nSPS) is 13.0. The summed E-state index contributed by atoms with van der Waals surface area (Å²) in [6, 6.07) is 0. The number of Topliss-reactive ketones (excluding diaryl/α,β-unsaturated/α-hetero) is 1. The molecule has 2 heteroatoms. The van der Waals surface area contributed by atoms with Crippen LogP contribution in [0.5, 0.6) is 0 Å². The summed E-state index contributed by atoms with van der Waals surface area (Å²) in [7, 11) is 0. The van der Waals surface area contributed by atoms with Crippen LogP contribution in [0.4, 0.5) is 0 Å². The Morgan fingerprint density at radius 3 is 2.55 bits per heavy atom. The highest BCUT2D eigenvalue weighted by molar-refractivity contribution is 6.20. The van der Waals surface area contributed by atoms with Crippen molar-refractivity contribution in [3.8, 4) is 0 Å². The Morgan fingerprint density at radius 2 is 2.09 bits per heavy atom. The number of rotatable bonds is 6. The lowest BCUT2D eigenvalue weighted by atomic mass is 10.1. The zero-order chi connectivity index (χ0) is 8.69. The van der Waals surface area contributed by atoms with E-state index in [0.717, 1.165) is 25.7 Å². The lowest BCUT2D eigenvalue weighted by Gasteiger charge is -2.05. The van der Waals surface area contributed by atoms with Crippen molar-refractivity contribution in [2.45, 2.75) is 51.3 Å². The molecule has 0 aromatic rings. The van der Waals surface area contributed by atoms with Crippen LogP contribution in [0.3, 0.4) is 0 Å².